The molecule has 0 aromatic heterocycles. The number of benzene rings is 2. The molecule has 0 bridgehead atoms. The van der Waals surface area contributed by atoms with Crippen molar-refractivity contribution >= 4 is 23.2 Å². The summed E-state index contributed by atoms with van der Waals surface area (Å²) >= 11 is 0. The van der Waals surface area contributed by atoms with Crippen LogP contribution in [0.25, 0.3) is 0 Å². The number of unbranched alkanes of at least 4 members (excludes halogenated alkanes) is 1. The number of anilines is 2. The maximum absolute atomic E-state index is 14.0. The summed E-state index contributed by atoms with van der Waals surface area (Å²) in [6.07, 6.45) is 3.21. The number of para-hydroxylation sites is 2. The average molecular weight is 397 g/mol. The predicted octanol–water partition coefficient (Wildman–Crippen LogP) is 4.21. The Morgan fingerprint density at radius 3 is 2.48 bits per heavy atom. The molecule has 154 valence electrons. The van der Waals surface area contributed by atoms with E-state index >= 15 is 0 Å². The quantitative estimate of drug-likeness (QED) is 0.688. The van der Waals surface area contributed by atoms with Crippen molar-refractivity contribution in [3.05, 3.63) is 59.9 Å². The van der Waals surface area contributed by atoms with Crippen molar-refractivity contribution in [2.45, 2.75) is 32.6 Å². The highest BCUT2D eigenvalue weighted by Crippen LogP contribution is 2.26. The third-order valence-electron chi connectivity index (χ3n) is 5.30. The highest BCUT2D eigenvalue weighted by Gasteiger charge is 2.27. The van der Waals surface area contributed by atoms with Crippen LogP contribution in [0.5, 0.6) is 0 Å². The van der Waals surface area contributed by atoms with Gasteiger partial charge in [-0.05, 0) is 43.5 Å². The van der Waals surface area contributed by atoms with Crippen LogP contribution in [0.3, 0.4) is 0 Å². The third-order valence-corrected chi connectivity index (χ3v) is 5.30. The van der Waals surface area contributed by atoms with E-state index in [2.05, 4.69) is 17.6 Å². The van der Waals surface area contributed by atoms with Gasteiger partial charge < -0.3 is 15.5 Å². The number of carbonyl (C=O) groups excluding carboxylic acids is 2. The van der Waals surface area contributed by atoms with Gasteiger partial charge in [0, 0.05) is 25.6 Å². The molecular formula is C23H28FN3O2. The van der Waals surface area contributed by atoms with Crippen molar-refractivity contribution in [1.82, 2.24) is 5.32 Å². The average Bonchev–Trinajstić information content (AvgIpc) is 2.75. The van der Waals surface area contributed by atoms with Crippen LogP contribution in [0.2, 0.25) is 0 Å². The zero-order chi connectivity index (χ0) is 20.6. The monoisotopic (exact) mass is 397 g/mol. The van der Waals surface area contributed by atoms with Crippen LogP contribution < -0.4 is 15.5 Å². The zero-order valence-electron chi connectivity index (χ0n) is 16.8. The molecule has 0 radical (unpaired) electrons. The van der Waals surface area contributed by atoms with Gasteiger partial charge in [0.15, 0.2) is 0 Å². The van der Waals surface area contributed by atoms with E-state index in [1.165, 1.54) is 6.07 Å². The number of piperidine rings is 1. The summed E-state index contributed by atoms with van der Waals surface area (Å²) in [5.74, 6) is -0.664. The maximum Gasteiger partial charge on any atom is 0.253 e. The van der Waals surface area contributed by atoms with Gasteiger partial charge in [-0.3, -0.25) is 9.59 Å². The van der Waals surface area contributed by atoms with E-state index < -0.39 is 0 Å². The van der Waals surface area contributed by atoms with Gasteiger partial charge in [0.25, 0.3) is 5.91 Å². The number of halogens is 1. The molecular weight excluding hydrogens is 369 g/mol. The Hall–Kier alpha value is -2.89. The first-order chi connectivity index (χ1) is 14.1. The van der Waals surface area contributed by atoms with Crippen molar-refractivity contribution < 1.29 is 14.0 Å². The molecule has 6 heteroatoms. The molecule has 5 nitrogen and oxygen atoms in total. The minimum absolute atomic E-state index is 0.0907. The van der Waals surface area contributed by atoms with Crippen molar-refractivity contribution in [2.24, 2.45) is 5.92 Å². The summed E-state index contributed by atoms with van der Waals surface area (Å²) in [5, 5.41) is 5.82. The van der Waals surface area contributed by atoms with Crippen LogP contribution >= 0.6 is 0 Å². The molecule has 1 heterocycles. The Balaban J connectivity index is 1.59. The molecule has 29 heavy (non-hydrogen) atoms. The molecule has 1 aliphatic heterocycles. The Labute approximate surface area is 171 Å². The van der Waals surface area contributed by atoms with Crippen LogP contribution in [0.15, 0.2) is 48.5 Å². The lowest BCUT2D eigenvalue weighted by Gasteiger charge is -2.33. The molecule has 3 rings (SSSR count). The standard InChI is InChI=1S/C23H28FN3O2/c1-2-3-14-25-23(29)18-8-4-6-10-20(18)26-22(28)17-12-15-27(16-13-17)21-11-7-5-9-19(21)24/h4-11,17H,2-3,12-16H2,1H3,(H,25,29)(H,26,28). The molecule has 2 aromatic carbocycles. The van der Waals surface area contributed by atoms with E-state index in [4.69, 9.17) is 0 Å². The summed E-state index contributed by atoms with van der Waals surface area (Å²) in [4.78, 5) is 27.2. The minimum Gasteiger partial charge on any atom is -0.369 e. The smallest absolute Gasteiger partial charge is 0.253 e. The van der Waals surface area contributed by atoms with E-state index in [0.29, 0.717) is 49.4 Å². The van der Waals surface area contributed by atoms with Crippen molar-refractivity contribution in [3.8, 4) is 0 Å². The lowest BCUT2D eigenvalue weighted by atomic mass is 9.95. The Kier molecular flexibility index (Phi) is 7.22. The molecule has 0 unspecified atom stereocenters. The van der Waals surface area contributed by atoms with E-state index in [0.717, 1.165) is 12.8 Å². The molecule has 1 fully saturated rings. The topological polar surface area (TPSA) is 61.4 Å². The number of hydrogen-bond donors (Lipinski definition) is 2. The number of hydrogen-bond acceptors (Lipinski definition) is 3. The fourth-order valence-electron chi connectivity index (χ4n) is 3.59. The van der Waals surface area contributed by atoms with Gasteiger partial charge in [-0.15, -0.1) is 0 Å². The molecule has 0 atom stereocenters. The number of carbonyl (C=O) groups is 2. The van der Waals surface area contributed by atoms with Gasteiger partial charge in [-0.1, -0.05) is 37.6 Å². The molecule has 2 N–H and O–H groups in total. The lowest BCUT2D eigenvalue weighted by Crippen LogP contribution is -2.38. The second-order valence-electron chi connectivity index (χ2n) is 7.36. The summed E-state index contributed by atoms with van der Waals surface area (Å²) in [6.45, 7) is 3.93. The Bertz CT molecular complexity index is 848. The fourth-order valence-corrected chi connectivity index (χ4v) is 3.59. The number of nitrogens with zero attached hydrogens (tertiary/aromatic N) is 1. The SMILES string of the molecule is CCCCNC(=O)c1ccccc1NC(=O)C1CCN(c2ccccc2F)CC1. The summed E-state index contributed by atoms with van der Waals surface area (Å²) in [5.41, 5.74) is 1.59. The number of rotatable bonds is 7. The maximum atomic E-state index is 14.0. The van der Waals surface area contributed by atoms with Crippen LogP contribution in [0.1, 0.15) is 43.0 Å². The molecule has 2 amide bonds. The molecule has 0 spiro atoms. The van der Waals surface area contributed by atoms with Crippen LogP contribution in [-0.4, -0.2) is 31.4 Å². The number of amides is 2. The van der Waals surface area contributed by atoms with E-state index in [9.17, 15) is 14.0 Å². The largest absolute Gasteiger partial charge is 0.369 e. The predicted molar refractivity (Wildman–Crippen MR) is 114 cm³/mol. The van der Waals surface area contributed by atoms with Crippen molar-refractivity contribution in [1.29, 1.82) is 0 Å². The zero-order valence-corrected chi connectivity index (χ0v) is 16.8. The third kappa shape index (κ3) is 5.34. The first-order valence-electron chi connectivity index (χ1n) is 10.3. The van der Waals surface area contributed by atoms with Gasteiger partial charge >= 0.3 is 0 Å². The second kappa shape index (κ2) is 10.0. The highest BCUT2D eigenvalue weighted by atomic mass is 19.1. The molecule has 2 aromatic rings. The number of nitrogens with one attached hydrogen (secondary N) is 2. The van der Waals surface area contributed by atoms with Crippen molar-refractivity contribution in [3.63, 3.8) is 0 Å². The van der Waals surface area contributed by atoms with Crippen LogP contribution in [0, 0.1) is 11.7 Å². The van der Waals surface area contributed by atoms with Gasteiger partial charge in [0.2, 0.25) is 5.91 Å². The fraction of sp³-hybridized carbons (Fsp3) is 0.391. The molecule has 1 saturated heterocycles. The van der Waals surface area contributed by atoms with E-state index in [1.54, 1.807) is 36.4 Å². The second-order valence-corrected chi connectivity index (χ2v) is 7.36. The van der Waals surface area contributed by atoms with Crippen LogP contribution in [0.4, 0.5) is 15.8 Å². The van der Waals surface area contributed by atoms with Crippen molar-refractivity contribution in [2.75, 3.05) is 29.9 Å². The summed E-state index contributed by atoms with van der Waals surface area (Å²) in [7, 11) is 0. The summed E-state index contributed by atoms with van der Waals surface area (Å²) < 4.78 is 14.0. The highest BCUT2D eigenvalue weighted by molar-refractivity contribution is 6.04. The first-order valence-corrected chi connectivity index (χ1v) is 10.3. The normalized spacial score (nSPS) is 14.5. The first kappa shape index (κ1) is 20.8. The van der Waals surface area contributed by atoms with Crippen LogP contribution in [-0.2, 0) is 4.79 Å². The van der Waals surface area contributed by atoms with E-state index in [-0.39, 0.29) is 23.5 Å². The van der Waals surface area contributed by atoms with Gasteiger partial charge in [-0.25, -0.2) is 4.39 Å². The minimum atomic E-state index is -0.238. The molecule has 0 aliphatic carbocycles. The lowest BCUT2D eigenvalue weighted by molar-refractivity contribution is -0.120. The molecule has 1 aliphatic rings. The summed E-state index contributed by atoms with van der Waals surface area (Å²) in [6, 6.07) is 13.8. The molecule has 0 saturated carbocycles. The van der Waals surface area contributed by atoms with Gasteiger partial charge in [0.1, 0.15) is 5.82 Å². The Morgan fingerprint density at radius 2 is 1.76 bits per heavy atom. The van der Waals surface area contributed by atoms with E-state index in [1.807, 2.05) is 11.0 Å². The Morgan fingerprint density at radius 1 is 1.07 bits per heavy atom. The van der Waals surface area contributed by atoms with Gasteiger partial charge in [-0.2, -0.15) is 0 Å². The van der Waals surface area contributed by atoms with Gasteiger partial charge in [0.05, 0.1) is 16.9 Å².